The molecule has 1 aliphatic carbocycles. The summed E-state index contributed by atoms with van der Waals surface area (Å²) in [5.74, 6) is 3.90. The van der Waals surface area contributed by atoms with Gasteiger partial charge in [0.15, 0.2) is 0 Å². The van der Waals surface area contributed by atoms with Crippen molar-refractivity contribution < 1.29 is 4.79 Å². The Hall–Kier alpha value is -1.75. The number of anilines is 1. The van der Waals surface area contributed by atoms with E-state index in [-0.39, 0.29) is 11.8 Å². The lowest BCUT2D eigenvalue weighted by Gasteiger charge is -2.28. The van der Waals surface area contributed by atoms with Gasteiger partial charge in [0.25, 0.3) is 0 Å². The highest BCUT2D eigenvalue weighted by atomic mass is 32.2. The molecule has 1 amide bonds. The monoisotopic (exact) mass is 411 g/mol. The van der Waals surface area contributed by atoms with Crippen LogP contribution in [0, 0.1) is 25.7 Å². The van der Waals surface area contributed by atoms with E-state index >= 15 is 0 Å². The fourth-order valence-corrected chi connectivity index (χ4v) is 5.74. The van der Waals surface area contributed by atoms with Crippen LogP contribution < -0.4 is 5.32 Å². The first-order valence-corrected chi connectivity index (χ1v) is 12.3. The quantitative estimate of drug-likeness (QED) is 0.618. The summed E-state index contributed by atoms with van der Waals surface area (Å²) in [7, 11) is 0. The molecule has 1 aromatic heterocycles. The van der Waals surface area contributed by atoms with Gasteiger partial charge in [-0.2, -0.15) is 16.9 Å². The lowest BCUT2D eigenvalue weighted by atomic mass is 9.79. The van der Waals surface area contributed by atoms with Gasteiger partial charge in [-0.05, 0) is 62.6 Å². The third-order valence-corrected chi connectivity index (χ3v) is 7.75. The van der Waals surface area contributed by atoms with Gasteiger partial charge in [-0.15, -0.1) is 0 Å². The highest BCUT2D eigenvalue weighted by Gasteiger charge is 2.30. The summed E-state index contributed by atoms with van der Waals surface area (Å²) in [4.78, 5) is 13.2. The van der Waals surface area contributed by atoms with Crippen molar-refractivity contribution in [2.75, 3.05) is 5.32 Å². The molecule has 4 rings (SSSR count). The Labute approximate surface area is 178 Å². The van der Waals surface area contributed by atoms with Crippen LogP contribution in [0.15, 0.2) is 18.2 Å². The van der Waals surface area contributed by atoms with Crippen molar-refractivity contribution in [2.45, 2.75) is 77.2 Å². The number of aromatic nitrogens is 2. The minimum atomic E-state index is 0.138. The molecule has 0 radical (unpaired) electrons. The maximum absolute atomic E-state index is 13.2. The molecule has 2 heterocycles. The molecule has 1 fully saturated rings. The molecule has 0 bridgehead atoms. The molecule has 1 N–H and O–H groups in total. The number of benzene rings is 1. The van der Waals surface area contributed by atoms with E-state index in [1.165, 1.54) is 48.8 Å². The first kappa shape index (κ1) is 20.5. The minimum absolute atomic E-state index is 0.138. The molecule has 0 atom stereocenters. The number of carbonyl (C=O) groups is 1. The van der Waals surface area contributed by atoms with Gasteiger partial charge in [0.2, 0.25) is 5.91 Å². The predicted molar refractivity (Wildman–Crippen MR) is 122 cm³/mol. The molecule has 0 unspecified atom stereocenters. The van der Waals surface area contributed by atoms with E-state index in [0.29, 0.717) is 0 Å². The van der Waals surface area contributed by atoms with Gasteiger partial charge in [0, 0.05) is 23.0 Å². The van der Waals surface area contributed by atoms with Crippen LogP contribution in [-0.2, 0) is 16.3 Å². The average Bonchev–Trinajstić information content (AvgIpc) is 3.31. The zero-order chi connectivity index (χ0) is 20.4. The van der Waals surface area contributed by atoms with Crippen molar-refractivity contribution in [3.63, 3.8) is 0 Å². The number of unbranched alkanes of at least 4 members (excludes halogenated alkanes) is 1. The van der Waals surface area contributed by atoms with Gasteiger partial charge in [-0.25, -0.2) is 4.68 Å². The van der Waals surface area contributed by atoms with Gasteiger partial charge < -0.3 is 5.32 Å². The summed E-state index contributed by atoms with van der Waals surface area (Å²) < 4.78 is 1.98. The van der Waals surface area contributed by atoms with Crippen LogP contribution in [0.1, 0.15) is 74.3 Å². The second-order valence-corrected chi connectivity index (χ2v) is 9.73. The van der Waals surface area contributed by atoms with E-state index in [2.05, 4.69) is 44.3 Å². The number of carbonyl (C=O) groups excluding carboxylic acids is 1. The standard InChI is InChI=1S/C24H33N3OS/c1-4-5-8-18-10-12-19(13-11-18)24(28)25-23-20-14-29-15-21(20)26-27(23)22-9-6-7-16(2)17(22)3/h6-7,9,18-19H,4-5,8,10-15H2,1-3H3,(H,25,28). The van der Waals surface area contributed by atoms with Crippen molar-refractivity contribution in [1.82, 2.24) is 9.78 Å². The van der Waals surface area contributed by atoms with Gasteiger partial charge in [-0.1, -0.05) is 38.3 Å². The molecular formula is C24H33N3OS. The molecule has 5 heteroatoms. The number of thioether (sulfide) groups is 1. The molecule has 1 saturated carbocycles. The largest absolute Gasteiger partial charge is 0.310 e. The minimum Gasteiger partial charge on any atom is -0.310 e. The number of amides is 1. The molecule has 0 saturated heterocycles. The molecular weight excluding hydrogens is 378 g/mol. The highest BCUT2D eigenvalue weighted by Crippen LogP contribution is 2.38. The highest BCUT2D eigenvalue weighted by molar-refractivity contribution is 7.98. The normalized spacial score (nSPS) is 21.2. The van der Waals surface area contributed by atoms with E-state index in [0.717, 1.165) is 47.5 Å². The Bertz CT molecular complexity index is 880. The fourth-order valence-electron chi connectivity index (χ4n) is 4.71. The topological polar surface area (TPSA) is 46.9 Å². The lowest BCUT2D eigenvalue weighted by Crippen LogP contribution is -2.28. The second kappa shape index (κ2) is 8.95. The Morgan fingerprint density at radius 3 is 2.76 bits per heavy atom. The van der Waals surface area contributed by atoms with Gasteiger partial charge in [0.05, 0.1) is 11.4 Å². The molecule has 2 aliphatic rings. The maximum atomic E-state index is 13.2. The van der Waals surface area contributed by atoms with E-state index in [4.69, 9.17) is 5.10 Å². The molecule has 0 spiro atoms. The number of nitrogens with zero attached hydrogens (tertiary/aromatic N) is 2. The number of hydrogen-bond donors (Lipinski definition) is 1. The van der Waals surface area contributed by atoms with E-state index < -0.39 is 0 Å². The van der Waals surface area contributed by atoms with Crippen molar-refractivity contribution in [1.29, 1.82) is 0 Å². The Kier molecular flexibility index (Phi) is 6.33. The predicted octanol–water partition coefficient (Wildman–Crippen LogP) is 6.17. The number of aryl methyl sites for hydroxylation is 1. The average molecular weight is 412 g/mol. The first-order valence-electron chi connectivity index (χ1n) is 11.1. The van der Waals surface area contributed by atoms with Gasteiger partial charge in [0.1, 0.15) is 5.82 Å². The lowest BCUT2D eigenvalue weighted by molar-refractivity contribution is -0.121. The van der Waals surface area contributed by atoms with Crippen LogP contribution in [0.3, 0.4) is 0 Å². The van der Waals surface area contributed by atoms with Gasteiger partial charge in [-0.3, -0.25) is 4.79 Å². The zero-order valence-corrected chi connectivity index (χ0v) is 18.8. The second-order valence-electron chi connectivity index (χ2n) is 8.75. The third-order valence-electron chi connectivity index (χ3n) is 6.78. The van der Waals surface area contributed by atoms with Crippen LogP contribution in [0.4, 0.5) is 5.82 Å². The molecule has 4 nitrogen and oxygen atoms in total. The molecule has 1 aromatic carbocycles. The Balaban J connectivity index is 1.53. The number of fused-ring (bicyclic) bond motifs is 1. The summed E-state index contributed by atoms with van der Waals surface area (Å²) in [6.07, 6.45) is 8.36. The molecule has 156 valence electrons. The van der Waals surface area contributed by atoms with Crippen LogP contribution >= 0.6 is 11.8 Å². The van der Waals surface area contributed by atoms with E-state index in [9.17, 15) is 4.79 Å². The van der Waals surface area contributed by atoms with Crippen LogP contribution in [0.2, 0.25) is 0 Å². The van der Waals surface area contributed by atoms with E-state index in [1.54, 1.807) is 0 Å². The summed E-state index contributed by atoms with van der Waals surface area (Å²) in [5.41, 5.74) is 5.86. The number of hydrogen-bond acceptors (Lipinski definition) is 3. The molecule has 1 aliphatic heterocycles. The summed E-state index contributed by atoms with van der Waals surface area (Å²) in [6.45, 7) is 6.52. The fraction of sp³-hybridized carbons (Fsp3) is 0.583. The zero-order valence-electron chi connectivity index (χ0n) is 18.0. The summed E-state index contributed by atoms with van der Waals surface area (Å²) in [5, 5.41) is 8.20. The smallest absolute Gasteiger partial charge is 0.228 e. The summed E-state index contributed by atoms with van der Waals surface area (Å²) in [6, 6.07) is 6.30. The summed E-state index contributed by atoms with van der Waals surface area (Å²) >= 11 is 1.88. The third kappa shape index (κ3) is 4.25. The van der Waals surface area contributed by atoms with Crippen LogP contribution in [-0.4, -0.2) is 15.7 Å². The SMILES string of the molecule is CCCCC1CCC(C(=O)Nc2c3c(nn2-c2cccc(C)c2C)CSC3)CC1. The molecule has 2 aromatic rings. The Morgan fingerprint density at radius 2 is 2.00 bits per heavy atom. The number of rotatable bonds is 6. The maximum Gasteiger partial charge on any atom is 0.228 e. The van der Waals surface area contributed by atoms with Gasteiger partial charge >= 0.3 is 0 Å². The first-order chi connectivity index (χ1) is 14.1. The van der Waals surface area contributed by atoms with Crippen molar-refractivity contribution in [3.8, 4) is 5.69 Å². The van der Waals surface area contributed by atoms with Crippen LogP contribution in [0.25, 0.3) is 5.69 Å². The molecule has 29 heavy (non-hydrogen) atoms. The van der Waals surface area contributed by atoms with Crippen molar-refractivity contribution in [3.05, 3.63) is 40.6 Å². The van der Waals surface area contributed by atoms with Crippen LogP contribution in [0.5, 0.6) is 0 Å². The Morgan fingerprint density at radius 1 is 1.21 bits per heavy atom. The van der Waals surface area contributed by atoms with Crippen molar-refractivity contribution >= 4 is 23.5 Å². The number of nitrogens with one attached hydrogen (secondary N) is 1. The van der Waals surface area contributed by atoms with Crippen molar-refractivity contribution in [2.24, 2.45) is 11.8 Å². The van der Waals surface area contributed by atoms with E-state index in [1.807, 2.05) is 16.4 Å².